The molecule has 3 aromatic heterocycles. The molecule has 1 N–H and O–H groups in total. The van der Waals surface area contributed by atoms with Crippen LogP contribution in [0.15, 0.2) is 85.5 Å². The van der Waals surface area contributed by atoms with Crippen molar-refractivity contribution in [2.45, 2.75) is 19.8 Å². The van der Waals surface area contributed by atoms with Gasteiger partial charge in [-0.05, 0) is 73.4 Å². The summed E-state index contributed by atoms with van der Waals surface area (Å²) >= 11 is 0. The largest absolute Gasteiger partial charge is 0.492 e. The molecule has 5 heteroatoms. The van der Waals surface area contributed by atoms with Crippen molar-refractivity contribution >= 4 is 10.9 Å². The number of aromatic amines is 1. The molecule has 0 aliphatic carbocycles. The summed E-state index contributed by atoms with van der Waals surface area (Å²) in [7, 11) is 0. The fraction of sp³-hybridized carbons (Fsp3) is 0.154. The number of pyridine rings is 1. The first-order valence-electron chi connectivity index (χ1n) is 10.5. The molecule has 0 fully saturated rings. The molecule has 0 amide bonds. The Morgan fingerprint density at radius 1 is 0.935 bits per heavy atom. The topological polar surface area (TPSA) is 55.7 Å². The van der Waals surface area contributed by atoms with Crippen LogP contribution in [0.5, 0.6) is 5.75 Å². The average Bonchev–Trinajstić information content (AvgIpc) is 3.48. The summed E-state index contributed by atoms with van der Waals surface area (Å²) in [6.07, 6.45) is 9.69. The molecule has 31 heavy (non-hydrogen) atoms. The number of ether oxygens (including phenoxy) is 1. The molecule has 5 nitrogen and oxygen atoms in total. The Labute approximate surface area is 181 Å². The number of benzene rings is 2. The third kappa shape index (κ3) is 4.21. The van der Waals surface area contributed by atoms with Crippen molar-refractivity contribution in [1.82, 2.24) is 19.7 Å². The van der Waals surface area contributed by atoms with Crippen LogP contribution in [0.3, 0.4) is 0 Å². The van der Waals surface area contributed by atoms with E-state index in [2.05, 4.69) is 74.6 Å². The molecule has 0 radical (unpaired) electrons. The quantitative estimate of drug-likeness (QED) is 0.350. The molecule has 3 heterocycles. The molecule has 0 aliphatic rings. The predicted octanol–water partition coefficient (Wildman–Crippen LogP) is 5.74. The lowest BCUT2D eigenvalue weighted by atomic mass is 10.0. The lowest BCUT2D eigenvalue weighted by Crippen LogP contribution is -2.00. The van der Waals surface area contributed by atoms with Gasteiger partial charge in [0.05, 0.1) is 18.3 Å². The Hall–Kier alpha value is -3.86. The van der Waals surface area contributed by atoms with Gasteiger partial charge in [-0.3, -0.25) is 10.1 Å². The van der Waals surface area contributed by atoms with Crippen molar-refractivity contribution in [2.24, 2.45) is 0 Å². The molecule has 2 aromatic carbocycles. The van der Waals surface area contributed by atoms with Crippen LogP contribution in [0.2, 0.25) is 0 Å². The Kier molecular flexibility index (Phi) is 5.23. The van der Waals surface area contributed by atoms with Crippen molar-refractivity contribution < 1.29 is 4.74 Å². The molecule has 5 aromatic rings. The predicted molar refractivity (Wildman–Crippen MR) is 124 cm³/mol. The maximum Gasteiger partial charge on any atom is 0.138 e. The van der Waals surface area contributed by atoms with Gasteiger partial charge in [-0.2, -0.15) is 5.10 Å². The minimum absolute atomic E-state index is 0.657. The maximum atomic E-state index is 5.98. The summed E-state index contributed by atoms with van der Waals surface area (Å²) in [4.78, 5) is 4.37. The fourth-order valence-electron chi connectivity index (χ4n) is 3.78. The number of nitrogens with one attached hydrogen (secondary N) is 1. The van der Waals surface area contributed by atoms with Crippen molar-refractivity contribution in [3.05, 3.63) is 96.7 Å². The van der Waals surface area contributed by atoms with E-state index in [-0.39, 0.29) is 0 Å². The monoisotopic (exact) mass is 408 g/mol. The lowest BCUT2D eigenvalue weighted by Gasteiger charge is -2.09. The van der Waals surface area contributed by atoms with Crippen LogP contribution in [0.4, 0.5) is 0 Å². The molecule has 154 valence electrons. The molecule has 0 bridgehead atoms. The highest BCUT2D eigenvalue weighted by Crippen LogP contribution is 2.27. The summed E-state index contributed by atoms with van der Waals surface area (Å²) < 4.78 is 8.09. The highest BCUT2D eigenvalue weighted by molar-refractivity contribution is 5.86. The second-order valence-electron chi connectivity index (χ2n) is 7.70. The van der Waals surface area contributed by atoms with E-state index >= 15 is 0 Å². The molecule has 0 unspecified atom stereocenters. The van der Waals surface area contributed by atoms with E-state index in [4.69, 9.17) is 4.74 Å². The molecule has 0 spiro atoms. The Bertz CT molecular complexity index is 1290. The van der Waals surface area contributed by atoms with Gasteiger partial charge in [0.2, 0.25) is 0 Å². The normalized spacial score (nSPS) is 11.1. The van der Waals surface area contributed by atoms with Gasteiger partial charge in [-0.25, -0.2) is 0 Å². The first-order valence-corrected chi connectivity index (χ1v) is 10.5. The third-order valence-corrected chi connectivity index (χ3v) is 5.51. The number of rotatable bonds is 7. The standard InChI is InChI=1S/C26H24N4O/c1-19-25-16-21(8-11-26(25)29-28-19)22-15-24(18-27-17-22)31-14-4-5-20-6-9-23(10-7-20)30-12-2-3-13-30/h2-3,6-13,15-18H,4-5,14H2,1H3,(H,28,29). The van der Waals surface area contributed by atoms with Crippen LogP contribution in [-0.2, 0) is 6.42 Å². The Morgan fingerprint density at radius 3 is 2.61 bits per heavy atom. The van der Waals surface area contributed by atoms with E-state index in [0.717, 1.165) is 46.3 Å². The van der Waals surface area contributed by atoms with Crippen molar-refractivity contribution in [3.63, 3.8) is 0 Å². The Balaban J connectivity index is 1.19. The SMILES string of the molecule is Cc1[nH]nc2ccc(-c3cncc(OCCCc4ccc(-n5cccc5)cc4)c3)cc12. The van der Waals surface area contributed by atoms with E-state index in [0.29, 0.717) is 6.61 Å². The number of fused-ring (bicyclic) bond motifs is 1. The molecule has 0 saturated heterocycles. The summed E-state index contributed by atoms with van der Waals surface area (Å²) in [5.41, 5.74) is 6.69. The minimum atomic E-state index is 0.657. The van der Waals surface area contributed by atoms with Crippen molar-refractivity contribution in [3.8, 4) is 22.6 Å². The molecule has 5 rings (SSSR count). The minimum Gasteiger partial charge on any atom is -0.492 e. The van der Waals surface area contributed by atoms with E-state index < -0.39 is 0 Å². The third-order valence-electron chi connectivity index (χ3n) is 5.51. The van der Waals surface area contributed by atoms with Gasteiger partial charge in [-0.15, -0.1) is 0 Å². The lowest BCUT2D eigenvalue weighted by molar-refractivity contribution is 0.310. The molecule has 0 aliphatic heterocycles. The highest BCUT2D eigenvalue weighted by Gasteiger charge is 2.06. The van der Waals surface area contributed by atoms with Crippen LogP contribution in [0.1, 0.15) is 17.7 Å². The first-order chi connectivity index (χ1) is 15.3. The Morgan fingerprint density at radius 2 is 1.77 bits per heavy atom. The smallest absolute Gasteiger partial charge is 0.138 e. The van der Waals surface area contributed by atoms with E-state index in [9.17, 15) is 0 Å². The van der Waals surface area contributed by atoms with E-state index in [1.165, 1.54) is 11.3 Å². The van der Waals surface area contributed by atoms with Crippen LogP contribution in [0.25, 0.3) is 27.7 Å². The highest BCUT2D eigenvalue weighted by atomic mass is 16.5. The van der Waals surface area contributed by atoms with E-state index in [1.54, 1.807) is 6.20 Å². The van der Waals surface area contributed by atoms with Crippen LogP contribution in [-0.4, -0.2) is 26.4 Å². The van der Waals surface area contributed by atoms with Gasteiger partial charge in [0, 0.05) is 40.9 Å². The van der Waals surface area contributed by atoms with Crippen LogP contribution in [0, 0.1) is 6.92 Å². The maximum absolute atomic E-state index is 5.98. The van der Waals surface area contributed by atoms with Gasteiger partial charge < -0.3 is 9.30 Å². The second-order valence-corrected chi connectivity index (χ2v) is 7.70. The zero-order valence-electron chi connectivity index (χ0n) is 17.5. The summed E-state index contributed by atoms with van der Waals surface area (Å²) in [6.45, 7) is 2.69. The average molecular weight is 409 g/mol. The van der Waals surface area contributed by atoms with Gasteiger partial charge in [0.25, 0.3) is 0 Å². The van der Waals surface area contributed by atoms with Crippen molar-refractivity contribution in [1.29, 1.82) is 0 Å². The second kappa shape index (κ2) is 8.48. The number of hydrogen-bond acceptors (Lipinski definition) is 3. The number of aromatic nitrogens is 4. The van der Waals surface area contributed by atoms with Gasteiger partial charge >= 0.3 is 0 Å². The van der Waals surface area contributed by atoms with Crippen molar-refractivity contribution in [2.75, 3.05) is 6.61 Å². The van der Waals surface area contributed by atoms with Crippen LogP contribution >= 0.6 is 0 Å². The molecule has 0 saturated carbocycles. The van der Waals surface area contributed by atoms with Crippen LogP contribution < -0.4 is 4.74 Å². The zero-order valence-corrected chi connectivity index (χ0v) is 17.5. The number of hydrogen-bond donors (Lipinski definition) is 1. The zero-order chi connectivity index (χ0) is 21.0. The molecule has 0 atom stereocenters. The summed E-state index contributed by atoms with van der Waals surface area (Å²) in [5.74, 6) is 0.796. The number of H-pyrrole nitrogens is 1. The van der Waals surface area contributed by atoms with E-state index in [1.807, 2.05) is 31.3 Å². The number of nitrogens with zero attached hydrogens (tertiary/aromatic N) is 3. The fourth-order valence-corrected chi connectivity index (χ4v) is 3.78. The molecular formula is C26H24N4O. The summed E-state index contributed by atoms with van der Waals surface area (Å²) in [5, 5.41) is 8.46. The number of aryl methyl sites for hydroxylation is 2. The first kappa shape index (κ1) is 19.1. The van der Waals surface area contributed by atoms with Gasteiger partial charge in [0.1, 0.15) is 5.75 Å². The van der Waals surface area contributed by atoms with Gasteiger partial charge in [0.15, 0.2) is 0 Å². The summed E-state index contributed by atoms with van der Waals surface area (Å²) in [6, 6.07) is 21.0. The van der Waals surface area contributed by atoms with Gasteiger partial charge in [-0.1, -0.05) is 18.2 Å². The molecular weight excluding hydrogens is 384 g/mol.